The molecule has 1 atom stereocenters. The first kappa shape index (κ1) is 21.9. The molecule has 0 saturated heterocycles. The first-order valence-electron chi connectivity index (χ1n) is 10.9. The normalized spacial score (nSPS) is 13.4. The minimum atomic E-state index is -0.910. The van der Waals surface area contributed by atoms with Crippen molar-refractivity contribution in [3.05, 3.63) is 59.7 Å². The number of nitrogens with one attached hydrogen (secondary N) is 1. The molecule has 5 heteroatoms. The Labute approximate surface area is 178 Å². The molecule has 1 aliphatic rings. The van der Waals surface area contributed by atoms with Gasteiger partial charge in [0.05, 0.1) is 6.42 Å². The molecule has 5 nitrogen and oxygen atoms in total. The number of fused-ring (bicyclic) bond motifs is 3. The van der Waals surface area contributed by atoms with Gasteiger partial charge in [-0.2, -0.15) is 0 Å². The molecule has 1 amide bonds. The van der Waals surface area contributed by atoms with Crippen molar-refractivity contribution in [2.45, 2.75) is 63.8 Å². The predicted octanol–water partition coefficient (Wildman–Crippen LogP) is 5.73. The van der Waals surface area contributed by atoms with Gasteiger partial charge in [-0.15, -0.1) is 0 Å². The third-order valence-electron chi connectivity index (χ3n) is 5.74. The highest BCUT2D eigenvalue weighted by Crippen LogP contribution is 2.44. The Balaban J connectivity index is 1.57. The molecule has 2 aromatic rings. The molecule has 0 aliphatic heterocycles. The second-order valence-electron chi connectivity index (χ2n) is 7.97. The Morgan fingerprint density at radius 2 is 1.57 bits per heavy atom. The van der Waals surface area contributed by atoms with Crippen molar-refractivity contribution in [1.82, 2.24) is 5.32 Å². The molecule has 30 heavy (non-hydrogen) atoms. The van der Waals surface area contributed by atoms with Gasteiger partial charge in [0.15, 0.2) is 0 Å². The zero-order valence-corrected chi connectivity index (χ0v) is 17.6. The lowest BCUT2D eigenvalue weighted by Crippen LogP contribution is -2.37. The molecule has 160 valence electrons. The summed E-state index contributed by atoms with van der Waals surface area (Å²) < 4.78 is 5.55. The van der Waals surface area contributed by atoms with Crippen LogP contribution in [0.4, 0.5) is 4.79 Å². The van der Waals surface area contributed by atoms with Gasteiger partial charge in [0.2, 0.25) is 0 Å². The summed E-state index contributed by atoms with van der Waals surface area (Å²) in [7, 11) is 0. The van der Waals surface area contributed by atoms with Crippen LogP contribution in [0.25, 0.3) is 11.1 Å². The lowest BCUT2D eigenvalue weighted by Gasteiger charge is -2.19. The third kappa shape index (κ3) is 5.62. The maximum atomic E-state index is 12.4. The van der Waals surface area contributed by atoms with Crippen molar-refractivity contribution in [3.8, 4) is 11.1 Å². The molecule has 2 aromatic carbocycles. The Kier molecular flexibility index (Phi) is 7.89. The van der Waals surface area contributed by atoms with E-state index in [2.05, 4.69) is 36.5 Å². The zero-order chi connectivity index (χ0) is 21.3. The van der Waals surface area contributed by atoms with Gasteiger partial charge in [-0.1, -0.05) is 87.6 Å². The van der Waals surface area contributed by atoms with Crippen LogP contribution in [-0.2, 0) is 9.53 Å². The van der Waals surface area contributed by atoms with Crippen molar-refractivity contribution >= 4 is 12.1 Å². The second-order valence-corrected chi connectivity index (χ2v) is 7.97. The fraction of sp³-hybridized carbons (Fsp3) is 0.440. The van der Waals surface area contributed by atoms with Gasteiger partial charge >= 0.3 is 12.1 Å². The number of rotatable bonds is 11. The highest BCUT2D eigenvalue weighted by molar-refractivity contribution is 5.79. The van der Waals surface area contributed by atoms with E-state index in [1.165, 1.54) is 17.5 Å². The van der Waals surface area contributed by atoms with Crippen molar-refractivity contribution in [2.24, 2.45) is 0 Å². The molecule has 1 aliphatic carbocycles. The van der Waals surface area contributed by atoms with Crippen LogP contribution in [0.3, 0.4) is 0 Å². The van der Waals surface area contributed by atoms with E-state index in [1.54, 1.807) is 0 Å². The van der Waals surface area contributed by atoms with E-state index in [-0.39, 0.29) is 18.9 Å². The number of carboxylic acid groups (broad SMARTS) is 1. The van der Waals surface area contributed by atoms with Gasteiger partial charge in [-0.25, -0.2) is 4.79 Å². The van der Waals surface area contributed by atoms with Crippen LogP contribution in [0.5, 0.6) is 0 Å². The topological polar surface area (TPSA) is 75.6 Å². The second kappa shape index (κ2) is 10.8. The number of hydrogen-bond acceptors (Lipinski definition) is 3. The fourth-order valence-corrected chi connectivity index (χ4v) is 4.24. The first-order chi connectivity index (χ1) is 14.6. The standard InChI is InChI=1S/C25H31NO4/c1-2-3-4-5-6-11-18(16-24(27)28)26-25(29)30-17-23-21-14-9-7-12-19(21)20-13-8-10-15-22(20)23/h7-10,12-15,18,23H,2-6,11,16-17H2,1H3,(H,26,29)(H,27,28). The van der Waals surface area contributed by atoms with E-state index in [0.29, 0.717) is 6.42 Å². The lowest BCUT2D eigenvalue weighted by atomic mass is 9.98. The molecule has 0 fully saturated rings. The average molecular weight is 410 g/mol. The van der Waals surface area contributed by atoms with Crippen LogP contribution in [0.2, 0.25) is 0 Å². The van der Waals surface area contributed by atoms with E-state index >= 15 is 0 Å². The summed E-state index contributed by atoms with van der Waals surface area (Å²) >= 11 is 0. The van der Waals surface area contributed by atoms with Crippen molar-refractivity contribution in [1.29, 1.82) is 0 Å². The number of amides is 1. The number of aliphatic carboxylic acids is 1. The van der Waals surface area contributed by atoms with Crippen molar-refractivity contribution < 1.29 is 19.4 Å². The van der Waals surface area contributed by atoms with Crippen molar-refractivity contribution in [2.75, 3.05) is 6.61 Å². The number of carbonyl (C=O) groups excluding carboxylic acids is 1. The third-order valence-corrected chi connectivity index (χ3v) is 5.74. The van der Waals surface area contributed by atoms with Crippen molar-refractivity contribution in [3.63, 3.8) is 0 Å². The van der Waals surface area contributed by atoms with Gasteiger partial charge < -0.3 is 15.2 Å². The summed E-state index contributed by atoms with van der Waals surface area (Å²) in [4.78, 5) is 23.6. The van der Waals surface area contributed by atoms with Gasteiger partial charge in [0.25, 0.3) is 0 Å². The Bertz CT molecular complexity index is 818. The van der Waals surface area contributed by atoms with Crippen LogP contribution in [0, 0.1) is 0 Å². The number of hydrogen-bond donors (Lipinski definition) is 2. The SMILES string of the molecule is CCCCCCCC(CC(=O)O)NC(=O)OCC1c2ccccc2-c2ccccc21. The summed E-state index contributed by atoms with van der Waals surface area (Å²) in [5.74, 6) is -0.914. The smallest absolute Gasteiger partial charge is 0.407 e. The fourth-order valence-electron chi connectivity index (χ4n) is 4.24. The van der Waals surface area contributed by atoms with Gasteiger partial charge in [-0.05, 0) is 28.7 Å². The highest BCUT2D eigenvalue weighted by Gasteiger charge is 2.29. The molecule has 0 radical (unpaired) electrons. The number of ether oxygens (including phenoxy) is 1. The Morgan fingerprint density at radius 1 is 0.967 bits per heavy atom. The van der Waals surface area contributed by atoms with Crippen LogP contribution in [0.15, 0.2) is 48.5 Å². The molecule has 0 spiro atoms. The number of benzene rings is 2. The summed E-state index contributed by atoms with van der Waals surface area (Å²) in [6.45, 7) is 2.39. The number of unbranched alkanes of at least 4 members (excludes halogenated alkanes) is 4. The van der Waals surface area contributed by atoms with E-state index in [0.717, 1.165) is 36.8 Å². The largest absolute Gasteiger partial charge is 0.481 e. The Morgan fingerprint density at radius 3 is 2.17 bits per heavy atom. The molecule has 0 heterocycles. The molecule has 0 bridgehead atoms. The van der Waals surface area contributed by atoms with Crippen LogP contribution in [0.1, 0.15) is 68.9 Å². The molecule has 2 N–H and O–H groups in total. The quantitative estimate of drug-likeness (QED) is 0.465. The van der Waals surface area contributed by atoms with Crippen LogP contribution >= 0.6 is 0 Å². The summed E-state index contributed by atoms with van der Waals surface area (Å²) in [6.07, 6.45) is 5.47. The summed E-state index contributed by atoms with van der Waals surface area (Å²) in [6, 6.07) is 16.0. The lowest BCUT2D eigenvalue weighted by molar-refractivity contribution is -0.137. The van der Waals surface area contributed by atoms with E-state index < -0.39 is 18.1 Å². The molecule has 0 aromatic heterocycles. The monoisotopic (exact) mass is 409 g/mol. The van der Waals surface area contributed by atoms with E-state index in [1.807, 2.05) is 24.3 Å². The van der Waals surface area contributed by atoms with Gasteiger partial charge in [0, 0.05) is 12.0 Å². The Hall–Kier alpha value is -2.82. The predicted molar refractivity (Wildman–Crippen MR) is 118 cm³/mol. The number of carboxylic acids is 1. The van der Waals surface area contributed by atoms with E-state index in [9.17, 15) is 9.59 Å². The molecule has 1 unspecified atom stereocenters. The maximum absolute atomic E-state index is 12.4. The summed E-state index contributed by atoms with van der Waals surface area (Å²) in [5.41, 5.74) is 4.67. The van der Waals surface area contributed by atoms with Gasteiger partial charge in [0.1, 0.15) is 6.61 Å². The van der Waals surface area contributed by atoms with E-state index in [4.69, 9.17) is 9.84 Å². The molecule has 0 saturated carbocycles. The zero-order valence-electron chi connectivity index (χ0n) is 17.6. The number of alkyl carbamates (subject to hydrolysis) is 1. The first-order valence-corrected chi connectivity index (χ1v) is 10.9. The molecule has 3 rings (SSSR count). The maximum Gasteiger partial charge on any atom is 0.407 e. The summed E-state index contributed by atoms with van der Waals surface area (Å²) in [5, 5.41) is 11.9. The minimum Gasteiger partial charge on any atom is -0.481 e. The minimum absolute atomic E-state index is 0.00452. The van der Waals surface area contributed by atoms with Gasteiger partial charge in [-0.3, -0.25) is 4.79 Å². The van der Waals surface area contributed by atoms with Crippen LogP contribution in [-0.4, -0.2) is 29.8 Å². The van der Waals surface area contributed by atoms with Crippen LogP contribution < -0.4 is 5.32 Å². The molecular weight excluding hydrogens is 378 g/mol. The highest BCUT2D eigenvalue weighted by atomic mass is 16.5. The average Bonchev–Trinajstić information content (AvgIpc) is 3.05. The number of carbonyl (C=O) groups is 2. The molecular formula is C25H31NO4.